The van der Waals surface area contributed by atoms with Crippen molar-refractivity contribution in [2.45, 2.75) is 38.1 Å². The standard InChI is InChI=1S/C19H24N2O4S/c1-14-8-10-16(11-9-14)25-13-18(22)20-15-6-5-7-17(12-15)26(23,24)21-19(2,3)4/h5-12,21H,13H2,1-4H3,(H,20,22). The highest BCUT2D eigenvalue weighted by atomic mass is 32.2. The number of nitrogens with one attached hydrogen (secondary N) is 2. The summed E-state index contributed by atoms with van der Waals surface area (Å²) >= 11 is 0. The van der Waals surface area contributed by atoms with Gasteiger partial charge < -0.3 is 10.1 Å². The Kier molecular flexibility index (Phi) is 6.05. The van der Waals surface area contributed by atoms with Crippen molar-refractivity contribution in [2.75, 3.05) is 11.9 Å². The summed E-state index contributed by atoms with van der Waals surface area (Å²) in [5.74, 6) is 0.223. The van der Waals surface area contributed by atoms with Gasteiger partial charge in [-0.2, -0.15) is 0 Å². The maximum absolute atomic E-state index is 12.4. The predicted molar refractivity (Wildman–Crippen MR) is 102 cm³/mol. The van der Waals surface area contributed by atoms with Crippen molar-refractivity contribution >= 4 is 21.6 Å². The number of anilines is 1. The van der Waals surface area contributed by atoms with E-state index in [4.69, 9.17) is 4.74 Å². The SMILES string of the molecule is Cc1ccc(OCC(=O)Nc2cccc(S(=O)(=O)NC(C)(C)C)c2)cc1. The molecule has 0 aromatic heterocycles. The number of carbonyl (C=O) groups is 1. The van der Waals surface area contributed by atoms with Crippen LogP contribution in [-0.4, -0.2) is 26.5 Å². The van der Waals surface area contributed by atoms with E-state index in [0.717, 1.165) is 5.56 Å². The topological polar surface area (TPSA) is 84.5 Å². The molecule has 2 aromatic rings. The molecule has 26 heavy (non-hydrogen) atoms. The smallest absolute Gasteiger partial charge is 0.262 e. The predicted octanol–water partition coefficient (Wildman–Crippen LogP) is 3.09. The number of aryl methyl sites for hydroxylation is 1. The molecule has 0 radical (unpaired) electrons. The summed E-state index contributed by atoms with van der Waals surface area (Å²) in [5.41, 5.74) is 0.892. The van der Waals surface area contributed by atoms with Crippen LogP contribution in [0.15, 0.2) is 53.4 Å². The first-order valence-electron chi connectivity index (χ1n) is 8.18. The van der Waals surface area contributed by atoms with Gasteiger partial charge in [0.15, 0.2) is 6.61 Å². The van der Waals surface area contributed by atoms with Crippen LogP contribution in [-0.2, 0) is 14.8 Å². The Balaban J connectivity index is 2.01. The summed E-state index contributed by atoms with van der Waals surface area (Å²) < 4.78 is 32.7. The molecule has 6 nitrogen and oxygen atoms in total. The lowest BCUT2D eigenvalue weighted by Gasteiger charge is -2.20. The monoisotopic (exact) mass is 376 g/mol. The number of ether oxygens (including phenoxy) is 1. The average molecular weight is 376 g/mol. The van der Waals surface area contributed by atoms with Crippen LogP contribution in [0.2, 0.25) is 0 Å². The van der Waals surface area contributed by atoms with E-state index in [2.05, 4.69) is 10.0 Å². The summed E-state index contributed by atoms with van der Waals surface area (Å²) in [7, 11) is -3.67. The second kappa shape index (κ2) is 7.88. The molecule has 2 aromatic carbocycles. The lowest BCUT2D eigenvalue weighted by atomic mass is 10.1. The molecule has 2 rings (SSSR count). The fourth-order valence-corrected chi connectivity index (χ4v) is 3.65. The lowest BCUT2D eigenvalue weighted by molar-refractivity contribution is -0.118. The van der Waals surface area contributed by atoms with Gasteiger partial charge >= 0.3 is 0 Å². The number of amides is 1. The van der Waals surface area contributed by atoms with Crippen LogP contribution in [0.3, 0.4) is 0 Å². The normalized spacial score (nSPS) is 11.8. The van der Waals surface area contributed by atoms with E-state index in [1.54, 1.807) is 45.0 Å². The first-order valence-corrected chi connectivity index (χ1v) is 9.67. The summed E-state index contributed by atoms with van der Waals surface area (Å²) in [6.45, 7) is 7.09. The van der Waals surface area contributed by atoms with Crippen LogP contribution in [0.25, 0.3) is 0 Å². The highest BCUT2D eigenvalue weighted by Gasteiger charge is 2.22. The van der Waals surface area contributed by atoms with Crippen molar-refractivity contribution in [1.82, 2.24) is 4.72 Å². The van der Waals surface area contributed by atoms with Crippen molar-refractivity contribution in [3.8, 4) is 5.75 Å². The van der Waals surface area contributed by atoms with Crippen molar-refractivity contribution in [3.63, 3.8) is 0 Å². The molecule has 2 N–H and O–H groups in total. The number of rotatable bonds is 6. The lowest BCUT2D eigenvalue weighted by Crippen LogP contribution is -2.40. The molecule has 0 saturated carbocycles. The third-order valence-corrected chi connectivity index (χ3v) is 5.02. The Hall–Kier alpha value is -2.38. The second-order valence-electron chi connectivity index (χ2n) is 7.03. The van der Waals surface area contributed by atoms with Crippen molar-refractivity contribution in [3.05, 3.63) is 54.1 Å². The zero-order chi connectivity index (χ0) is 19.4. The first kappa shape index (κ1) is 19.9. The largest absolute Gasteiger partial charge is 0.484 e. The Morgan fingerprint density at radius 3 is 2.35 bits per heavy atom. The number of sulfonamides is 1. The summed E-state index contributed by atoms with van der Waals surface area (Å²) in [6, 6.07) is 13.5. The van der Waals surface area contributed by atoms with Gasteiger partial charge in [0.05, 0.1) is 4.90 Å². The zero-order valence-electron chi connectivity index (χ0n) is 15.4. The van der Waals surface area contributed by atoms with E-state index in [9.17, 15) is 13.2 Å². The minimum absolute atomic E-state index is 0.0877. The molecular formula is C19H24N2O4S. The van der Waals surface area contributed by atoms with Crippen molar-refractivity contribution in [1.29, 1.82) is 0 Å². The van der Waals surface area contributed by atoms with Gasteiger partial charge in [-0.3, -0.25) is 4.79 Å². The number of hydrogen-bond acceptors (Lipinski definition) is 4. The van der Waals surface area contributed by atoms with E-state index in [0.29, 0.717) is 11.4 Å². The Bertz CT molecular complexity index is 869. The highest BCUT2D eigenvalue weighted by Crippen LogP contribution is 2.18. The van der Waals surface area contributed by atoms with Crippen LogP contribution in [0.5, 0.6) is 5.75 Å². The zero-order valence-corrected chi connectivity index (χ0v) is 16.2. The van der Waals surface area contributed by atoms with Crippen LogP contribution in [0.1, 0.15) is 26.3 Å². The fourth-order valence-electron chi connectivity index (χ4n) is 2.18. The Labute approximate surface area is 154 Å². The molecule has 7 heteroatoms. The molecule has 0 unspecified atom stereocenters. The van der Waals surface area contributed by atoms with Gasteiger partial charge in [0.25, 0.3) is 5.91 Å². The maximum Gasteiger partial charge on any atom is 0.262 e. The molecule has 0 heterocycles. The highest BCUT2D eigenvalue weighted by molar-refractivity contribution is 7.89. The van der Waals surface area contributed by atoms with Gasteiger partial charge in [-0.1, -0.05) is 23.8 Å². The first-order chi connectivity index (χ1) is 12.0. The molecule has 0 bridgehead atoms. The summed E-state index contributed by atoms with van der Waals surface area (Å²) in [4.78, 5) is 12.1. The van der Waals surface area contributed by atoms with E-state index >= 15 is 0 Å². The Morgan fingerprint density at radius 2 is 1.73 bits per heavy atom. The third kappa shape index (κ3) is 6.16. The molecule has 0 fully saturated rings. The van der Waals surface area contributed by atoms with E-state index in [1.807, 2.05) is 19.1 Å². The minimum Gasteiger partial charge on any atom is -0.484 e. The van der Waals surface area contributed by atoms with Crippen LogP contribution in [0.4, 0.5) is 5.69 Å². The van der Waals surface area contributed by atoms with Crippen molar-refractivity contribution in [2.24, 2.45) is 0 Å². The average Bonchev–Trinajstić information content (AvgIpc) is 2.52. The third-order valence-electron chi connectivity index (χ3n) is 3.26. The summed E-state index contributed by atoms with van der Waals surface area (Å²) in [6.07, 6.45) is 0. The number of hydrogen-bond donors (Lipinski definition) is 2. The molecule has 0 spiro atoms. The van der Waals surface area contributed by atoms with E-state index < -0.39 is 15.6 Å². The fraction of sp³-hybridized carbons (Fsp3) is 0.316. The number of benzene rings is 2. The van der Waals surface area contributed by atoms with Gasteiger partial charge in [0.2, 0.25) is 10.0 Å². The molecule has 0 aliphatic heterocycles. The quantitative estimate of drug-likeness (QED) is 0.811. The molecule has 0 saturated heterocycles. The van der Waals surface area contributed by atoms with Crippen molar-refractivity contribution < 1.29 is 17.9 Å². The van der Waals surface area contributed by atoms with Crippen LogP contribution < -0.4 is 14.8 Å². The van der Waals surface area contributed by atoms with Gasteiger partial charge in [-0.25, -0.2) is 13.1 Å². The molecular weight excluding hydrogens is 352 g/mol. The van der Waals surface area contributed by atoms with Gasteiger partial charge in [0.1, 0.15) is 5.75 Å². The van der Waals surface area contributed by atoms with Gasteiger partial charge in [0, 0.05) is 11.2 Å². The number of carbonyl (C=O) groups excluding carboxylic acids is 1. The molecule has 0 atom stereocenters. The molecule has 1 amide bonds. The minimum atomic E-state index is -3.67. The van der Waals surface area contributed by atoms with Gasteiger partial charge in [-0.15, -0.1) is 0 Å². The van der Waals surface area contributed by atoms with Crippen LogP contribution in [0, 0.1) is 6.92 Å². The molecule has 140 valence electrons. The maximum atomic E-state index is 12.4. The molecule has 0 aliphatic carbocycles. The van der Waals surface area contributed by atoms with E-state index in [-0.39, 0.29) is 17.4 Å². The second-order valence-corrected chi connectivity index (χ2v) is 8.72. The van der Waals surface area contributed by atoms with Crippen LogP contribution >= 0.6 is 0 Å². The molecule has 0 aliphatic rings. The van der Waals surface area contributed by atoms with Gasteiger partial charge in [-0.05, 0) is 58.0 Å². The van der Waals surface area contributed by atoms with E-state index in [1.165, 1.54) is 12.1 Å². The Morgan fingerprint density at radius 1 is 1.08 bits per heavy atom. The summed E-state index contributed by atoms with van der Waals surface area (Å²) in [5, 5.41) is 2.64.